The summed E-state index contributed by atoms with van der Waals surface area (Å²) in [5.41, 5.74) is 0. The molecule has 0 aromatic heterocycles. The summed E-state index contributed by atoms with van der Waals surface area (Å²) in [6.45, 7) is -5.50. The Kier molecular flexibility index (Phi) is 21.6. The molecule has 32 nitrogen and oxygen atoms in total. The van der Waals surface area contributed by atoms with Crippen molar-refractivity contribution in [3.63, 3.8) is 0 Å². The zero-order valence-corrected chi connectivity index (χ0v) is 36.1. The van der Waals surface area contributed by atoms with Gasteiger partial charge in [-0.3, -0.25) is 9.32 Å². The van der Waals surface area contributed by atoms with Crippen LogP contribution in [0.5, 0.6) is 0 Å². The van der Waals surface area contributed by atoms with Crippen LogP contribution in [0.1, 0.15) is 0 Å². The van der Waals surface area contributed by atoms with Gasteiger partial charge in [-0.05, 0) is 0 Å². The fourth-order valence-corrected chi connectivity index (χ4v) is 8.54. The zero-order valence-electron chi connectivity index (χ0n) is 35.3. The fraction of sp³-hybridized carbons (Fsp3) is 1.00. The van der Waals surface area contributed by atoms with Gasteiger partial charge < -0.3 is 150 Å². The van der Waals surface area contributed by atoms with Crippen LogP contribution in [0.3, 0.4) is 0 Å². The highest BCUT2D eigenvalue weighted by Gasteiger charge is 2.59. The summed E-state index contributed by atoms with van der Waals surface area (Å²) in [7, 11) is 0. The van der Waals surface area contributed by atoms with Crippen LogP contribution in [-0.2, 0) is 46.8 Å². The molecule has 0 saturated carbocycles. The summed E-state index contributed by atoms with van der Waals surface area (Å²) in [5, 5.41) is 228. The number of hydrogen-bond donors (Lipinski definition) is 22. The molecular weight excluding hydrogens is 962 g/mol. The van der Waals surface area contributed by atoms with Crippen molar-refractivity contribution in [1.29, 1.82) is 0 Å². The number of nitrogens with two attached hydrogens (primary N) is 1. The smallest absolute Gasteiger partial charge is 0.201 e. The Hall–Kier alpha value is -0.930. The fourth-order valence-electron chi connectivity index (χ4n) is 8.27. The van der Waals surface area contributed by atoms with E-state index in [1.54, 1.807) is 0 Å². The molecule has 5 aliphatic heterocycles. The van der Waals surface area contributed by atoms with Gasteiger partial charge in [-0.1, -0.05) is 0 Å². The van der Waals surface area contributed by atoms with Crippen LogP contribution in [0.15, 0.2) is 0 Å². The summed E-state index contributed by atoms with van der Waals surface area (Å²) in [6.07, 6.45) is -63.6. The lowest BCUT2D eigenvalue weighted by atomic mass is 9.92. The predicted octanol–water partition coefficient (Wildman–Crippen LogP) is -14.6. The van der Waals surface area contributed by atoms with Gasteiger partial charge in [0.15, 0.2) is 25.2 Å². The molecule has 23 N–H and O–H groups in total. The predicted molar refractivity (Wildman–Crippen MR) is 207 cm³/mol. The van der Waals surface area contributed by atoms with Gasteiger partial charge in [0.2, 0.25) is 6.29 Å². The normalized spacial score (nSPS) is 48.4. The number of rotatable bonds is 20. The van der Waals surface area contributed by atoms with Gasteiger partial charge in [0.05, 0.1) is 45.3 Å². The number of ether oxygens (including phenoxy) is 9. The van der Waals surface area contributed by atoms with E-state index in [-0.39, 0.29) is 12.2 Å². The van der Waals surface area contributed by atoms with E-state index in [2.05, 4.69) is 0 Å². The summed E-state index contributed by atoms with van der Waals surface area (Å²) in [6, 6.07) is 0. The Morgan fingerprint density at radius 1 is 0.324 bits per heavy atom. The van der Waals surface area contributed by atoms with Crippen LogP contribution in [0.25, 0.3) is 0 Å². The van der Waals surface area contributed by atoms with Crippen LogP contribution >= 0.6 is 12.2 Å². The summed E-state index contributed by atoms with van der Waals surface area (Å²) >= 11 is 0.172. The first-order valence-electron chi connectivity index (χ1n) is 21.0. The molecule has 0 radical (unpaired) electrons. The maximum absolute atomic E-state index is 11.7. The van der Waals surface area contributed by atoms with E-state index >= 15 is 0 Å². The zero-order chi connectivity index (χ0) is 50.6. The SMILES string of the molecule is NSOC1OC([C@H](O)CO)C(O)C(O[C@H]2O[C@@H]([C@H](O)CO)C(O)C(OC3OC([C@H](O)CO)C(O)C(O[C@H]4O[C@@H]([C@H](O)CO)C(O)C(OC5OC([C@H](O)CO)C(O)C(O)C5O)C4O)C3O)C2O)C1O. The Morgan fingerprint density at radius 2 is 0.544 bits per heavy atom. The van der Waals surface area contributed by atoms with Gasteiger partial charge in [-0.2, -0.15) is 0 Å². The third-order valence-corrected chi connectivity index (χ3v) is 12.4. The average molecular weight is 1030 g/mol. The van der Waals surface area contributed by atoms with Gasteiger partial charge in [-0.15, -0.1) is 0 Å². The minimum atomic E-state index is -2.44. The van der Waals surface area contributed by atoms with Crippen LogP contribution in [0.2, 0.25) is 0 Å². The molecule has 5 fully saturated rings. The lowest BCUT2D eigenvalue weighted by Gasteiger charge is -2.51. The van der Waals surface area contributed by atoms with Crippen molar-refractivity contribution in [2.45, 2.75) is 184 Å². The van der Waals surface area contributed by atoms with E-state index in [1.165, 1.54) is 0 Å². The van der Waals surface area contributed by atoms with E-state index in [0.717, 1.165) is 0 Å². The molecular formula is C35H63NO31S. The molecule has 5 saturated heterocycles. The van der Waals surface area contributed by atoms with Crippen molar-refractivity contribution in [2.24, 2.45) is 5.14 Å². The number of aliphatic hydroxyl groups is 21. The molecule has 68 heavy (non-hydrogen) atoms. The van der Waals surface area contributed by atoms with E-state index in [9.17, 15) is 107 Å². The molecule has 30 atom stereocenters. The molecule has 5 rings (SSSR count). The Labute approximate surface area is 388 Å². The van der Waals surface area contributed by atoms with Gasteiger partial charge in [-0.25, -0.2) is 0 Å². The molecule has 0 aliphatic carbocycles. The first-order chi connectivity index (χ1) is 32.1. The second-order valence-electron chi connectivity index (χ2n) is 16.6. The molecule has 0 aromatic rings. The van der Waals surface area contributed by atoms with Crippen molar-refractivity contribution < 1.29 is 154 Å². The summed E-state index contributed by atoms with van der Waals surface area (Å²) in [5.74, 6) is 0. The van der Waals surface area contributed by atoms with Crippen LogP contribution in [-0.4, -0.2) is 324 Å². The second kappa shape index (κ2) is 25.3. The number of aliphatic hydroxyl groups excluding tert-OH is 21. The van der Waals surface area contributed by atoms with Gasteiger partial charge in [0, 0.05) is 0 Å². The quantitative estimate of drug-likeness (QED) is 0.0398. The van der Waals surface area contributed by atoms with E-state index in [4.69, 9.17) is 52.0 Å². The molecule has 0 amide bonds. The molecule has 0 spiro atoms. The summed E-state index contributed by atoms with van der Waals surface area (Å²) < 4.78 is 55.0. The average Bonchev–Trinajstić information content (AvgIpc) is 3.33. The van der Waals surface area contributed by atoms with Gasteiger partial charge in [0.25, 0.3) is 0 Å². The van der Waals surface area contributed by atoms with Gasteiger partial charge in [0.1, 0.15) is 153 Å². The second-order valence-corrected chi connectivity index (χ2v) is 17.0. The van der Waals surface area contributed by atoms with Crippen molar-refractivity contribution in [3.8, 4) is 0 Å². The van der Waals surface area contributed by atoms with Crippen molar-refractivity contribution in [2.75, 3.05) is 33.0 Å². The highest BCUT2D eigenvalue weighted by Crippen LogP contribution is 2.38. The van der Waals surface area contributed by atoms with Gasteiger partial charge >= 0.3 is 0 Å². The topological polar surface area (TPSA) is 543 Å². The molecule has 33 heteroatoms. The largest absolute Gasteiger partial charge is 0.394 e. The lowest BCUT2D eigenvalue weighted by Crippen LogP contribution is -2.70. The highest BCUT2D eigenvalue weighted by atomic mass is 32.2. The standard InChI is InChI=1S/C35H63NO31S/c36-68-67-35-21(57)30(17(53)26(62-35)10(46)5-41)66-34-20(56)29(16(52)25(61-34)9(45)4-40)65-33-19(55)28(15(51)24(60-33)8(44)3-39)64-32-18(54)27(14(50)23(59-32)7(43)2-38)63-31-13(49)11(47)12(48)22(58-31)6(42)1-37/h6-35,37-57H,1-5,36H2/t6-,7-,8-,9-,10-,11?,12?,13?,14?,15?,16?,17?,18?,19?,20?,21?,22?,23+,24?,25+,26?,27?,28?,29?,30?,31?,32-,33?,34-,35?/m1/s1. The van der Waals surface area contributed by atoms with Crippen molar-refractivity contribution in [3.05, 3.63) is 0 Å². The lowest BCUT2D eigenvalue weighted by molar-refractivity contribution is -0.401. The van der Waals surface area contributed by atoms with E-state index in [1.807, 2.05) is 0 Å². The number of hydrogen-bond acceptors (Lipinski definition) is 33. The minimum Gasteiger partial charge on any atom is -0.394 e. The van der Waals surface area contributed by atoms with Crippen molar-refractivity contribution >= 4 is 12.2 Å². The maximum atomic E-state index is 11.7. The minimum absolute atomic E-state index is 0.172. The Morgan fingerprint density at radius 3 is 0.794 bits per heavy atom. The molecule has 5 aliphatic rings. The third kappa shape index (κ3) is 12.2. The molecule has 400 valence electrons. The highest BCUT2D eigenvalue weighted by molar-refractivity contribution is 7.92. The summed E-state index contributed by atoms with van der Waals surface area (Å²) in [4.78, 5) is 0. The monoisotopic (exact) mass is 1030 g/mol. The van der Waals surface area contributed by atoms with E-state index in [0.29, 0.717) is 0 Å². The molecule has 5 heterocycles. The maximum Gasteiger partial charge on any atom is 0.201 e. The first-order valence-corrected chi connectivity index (χ1v) is 21.8. The van der Waals surface area contributed by atoms with E-state index < -0.39 is 217 Å². The third-order valence-electron chi connectivity index (χ3n) is 12.1. The molecule has 0 bridgehead atoms. The molecule has 21 unspecified atom stereocenters. The Balaban J connectivity index is 1.44. The van der Waals surface area contributed by atoms with Crippen LogP contribution < -0.4 is 5.14 Å². The van der Waals surface area contributed by atoms with Crippen LogP contribution in [0.4, 0.5) is 0 Å². The van der Waals surface area contributed by atoms with Crippen molar-refractivity contribution in [1.82, 2.24) is 0 Å². The Bertz CT molecular complexity index is 1510. The first kappa shape index (κ1) is 58.0. The van der Waals surface area contributed by atoms with Crippen LogP contribution in [0, 0.1) is 0 Å². The molecule has 0 aromatic carbocycles.